The molecule has 9 heteroatoms. The van der Waals surface area contributed by atoms with E-state index in [1.807, 2.05) is 30.3 Å². The van der Waals surface area contributed by atoms with Gasteiger partial charge in [0.2, 0.25) is 5.91 Å². The van der Waals surface area contributed by atoms with Crippen LogP contribution >= 0.6 is 0 Å². The van der Waals surface area contributed by atoms with E-state index in [0.717, 1.165) is 5.56 Å². The van der Waals surface area contributed by atoms with Gasteiger partial charge in [-0.1, -0.05) is 35.5 Å². The van der Waals surface area contributed by atoms with Crippen LogP contribution in [-0.4, -0.2) is 34.7 Å². The largest absolute Gasteiger partial charge is 0.443 e. The van der Waals surface area contributed by atoms with Crippen molar-refractivity contribution in [3.05, 3.63) is 42.1 Å². The predicted molar refractivity (Wildman–Crippen MR) is 103 cm³/mol. The Hall–Kier alpha value is -3.36. The fourth-order valence-electron chi connectivity index (χ4n) is 2.85. The Morgan fingerprint density at radius 3 is 2.45 bits per heavy atom. The Bertz CT molecular complexity index is 882. The fraction of sp³-hybridized carbons (Fsp3) is 0.400. The average molecular weight is 400 g/mol. The normalized spacial score (nSPS) is 18.3. The maximum absolute atomic E-state index is 12.3. The number of carbonyl (C=O) groups is 3. The molecule has 1 saturated carbocycles. The molecule has 1 aliphatic rings. The zero-order valence-electron chi connectivity index (χ0n) is 16.5. The number of ether oxygens (including phenoxy) is 1. The number of benzene rings is 1. The van der Waals surface area contributed by atoms with Crippen molar-refractivity contribution in [2.24, 2.45) is 5.92 Å². The fourth-order valence-corrected chi connectivity index (χ4v) is 2.85. The van der Waals surface area contributed by atoms with Gasteiger partial charge in [0.1, 0.15) is 5.60 Å². The number of amides is 3. The monoisotopic (exact) mass is 400 g/mol. The van der Waals surface area contributed by atoms with Gasteiger partial charge in [-0.2, -0.15) is 0 Å². The molecular formula is C20H24N4O5. The summed E-state index contributed by atoms with van der Waals surface area (Å²) in [5.41, 5.74) is 4.91. The van der Waals surface area contributed by atoms with Crippen LogP contribution in [0.1, 0.15) is 44.1 Å². The highest BCUT2D eigenvalue weighted by atomic mass is 16.6. The molecule has 0 unspecified atom stereocenters. The second kappa shape index (κ2) is 8.34. The Morgan fingerprint density at radius 2 is 1.79 bits per heavy atom. The number of nitrogens with zero attached hydrogens (tertiary/aromatic N) is 1. The van der Waals surface area contributed by atoms with Gasteiger partial charge in [-0.3, -0.25) is 15.0 Å². The van der Waals surface area contributed by atoms with Crippen LogP contribution in [0.4, 0.5) is 4.79 Å². The van der Waals surface area contributed by atoms with E-state index in [-0.39, 0.29) is 29.5 Å². The first kappa shape index (κ1) is 20.4. The van der Waals surface area contributed by atoms with Crippen molar-refractivity contribution in [1.29, 1.82) is 0 Å². The van der Waals surface area contributed by atoms with Crippen LogP contribution in [-0.2, 0) is 9.53 Å². The lowest BCUT2D eigenvalue weighted by molar-refractivity contribution is -0.129. The Labute approximate surface area is 168 Å². The van der Waals surface area contributed by atoms with E-state index >= 15 is 0 Å². The number of rotatable bonds is 4. The average Bonchev–Trinajstić information content (AvgIpc) is 3.12. The number of hydrogen-bond acceptors (Lipinski definition) is 6. The topological polar surface area (TPSA) is 123 Å². The second-order valence-corrected chi connectivity index (χ2v) is 7.90. The molecule has 3 amide bonds. The molecule has 9 nitrogen and oxygen atoms in total. The Morgan fingerprint density at radius 1 is 1.10 bits per heavy atom. The third-order valence-corrected chi connectivity index (χ3v) is 4.33. The molecule has 3 rings (SSSR count). The van der Waals surface area contributed by atoms with Crippen molar-refractivity contribution in [3.63, 3.8) is 0 Å². The highest BCUT2D eigenvalue weighted by molar-refractivity contribution is 5.93. The Kier molecular flexibility index (Phi) is 5.86. The smallest absolute Gasteiger partial charge is 0.426 e. The number of nitrogens with one attached hydrogen (secondary N) is 3. The molecule has 0 bridgehead atoms. The van der Waals surface area contributed by atoms with E-state index in [4.69, 9.17) is 9.26 Å². The summed E-state index contributed by atoms with van der Waals surface area (Å²) in [6.07, 6.45) is 0.212. The third kappa shape index (κ3) is 5.56. The van der Waals surface area contributed by atoms with Gasteiger partial charge in [0, 0.05) is 23.6 Å². The summed E-state index contributed by atoms with van der Waals surface area (Å²) in [6.45, 7) is 5.18. The standard InChI is InChI=1S/C20H24N4O5/c1-20(2,3)28-19(27)23-22-17(25)13-9-14(10-13)21-18(26)15-11-16(29-24-15)12-7-5-4-6-8-12/h4-8,11,13-14H,9-10H2,1-3H3,(H,21,26)(H,22,25)(H,23,27). The zero-order valence-corrected chi connectivity index (χ0v) is 16.5. The van der Waals surface area contributed by atoms with E-state index in [2.05, 4.69) is 21.3 Å². The summed E-state index contributed by atoms with van der Waals surface area (Å²) in [5, 5.41) is 6.63. The van der Waals surface area contributed by atoms with Crippen molar-refractivity contribution in [3.8, 4) is 11.3 Å². The summed E-state index contributed by atoms with van der Waals surface area (Å²) < 4.78 is 10.3. The molecule has 0 saturated heterocycles. The van der Waals surface area contributed by atoms with Gasteiger partial charge in [-0.15, -0.1) is 0 Å². The van der Waals surface area contributed by atoms with Crippen molar-refractivity contribution in [2.75, 3.05) is 0 Å². The van der Waals surface area contributed by atoms with Gasteiger partial charge >= 0.3 is 6.09 Å². The molecule has 1 aromatic heterocycles. The van der Waals surface area contributed by atoms with Crippen LogP contribution in [0.2, 0.25) is 0 Å². The van der Waals surface area contributed by atoms with E-state index in [1.165, 1.54) is 0 Å². The molecule has 2 aromatic rings. The Balaban J connectivity index is 1.41. The minimum Gasteiger partial charge on any atom is -0.443 e. The number of aromatic nitrogens is 1. The van der Waals surface area contributed by atoms with E-state index in [9.17, 15) is 14.4 Å². The van der Waals surface area contributed by atoms with Crippen LogP contribution in [0, 0.1) is 5.92 Å². The van der Waals surface area contributed by atoms with Crippen LogP contribution in [0.3, 0.4) is 0 Å². The van der Waals surface area contributed by atoms with Gasteiger partial charge in [-0.25, -0.2) is 10.2 Å². The SMILES string of the molecule is CC(C)(C)OC(=O)NNC(=O)C1CC(NC(=O)c2cc(-c3ccccc3)on2)C1. The predicted octanol–water partition coefficient (Wildman–Crippen LogP) is 2.41. The molecule has 3 N–H and O–H groups in total. The maximum atomic E-state index is 12.3. The molecule has 0 radical (unpaired) electrons. The molecule has 154 valence electrons. The van der Waals surface area contributed by atoms with E-state index < -0.39 is 11.7 Å². The van der Waals surface area contributed by atoms with Crippen LogP contribution < -0.4 is 16.2 Å². The van der Waals surface area contributed by atoms with E-state index in [0.29, 0.717) is 18.6 Å². The van der Waals surface area contributed by atoms with Crippen LogP contribution in [0.15, 0.2) is 40.9 Å². The first-order chi connectivity index (χ1) is 13.7. The molecule has 1 aromatic carbocycles. The quantitative estimate of drug-likeness (QED) is 0.678. The third-order valence-electron chi connectivity index (χ3n) is 4.33. The van der Waals surface area contributed by atoms with Crippen molar-refractivity contribution < 1.29 is 23.6 Å². The lowest BCUT2D eigenvalue weighted by atomic mass is 9.79. The number of hydrazine groups is 1. The minimum absolute atomic E-state index is 0.142. The summed E-state index contributed by atoms with van der Waals surface area (Å²) in [5.74, 6) is -0.469. The summed E-state index contributed by atoms with van der Waals surface area (Å²) in [7, 11) is 0. The molecule has 1 aliphatic carbocycles. The molecular weight excluding hydrogens is 376 g/mol. The molecule has 1 heterocycles. The lowest BCUT2D eigenvalue weighted by Gasteiger charge is -2.34. The molecule has 29 heavy (non-hydrogen) atoms. The number of carbonyl (C=O) groups excluding carboxylic acids is 3. The number of hydrogen-bond donors (Lipinski definition) is 3. The van der Waals surface area contributed by atoms with Gasteiger partial charge < -0.3 is 14.6 Å². The first-order valence-corrected chi connectivity index (χ1v) is 9.33. The van der Waals surface area contributed by atoms with Crippen molar-refractivity contribution >= 4 is 17.9 Å². The lowest BCUT2D eigenvalue weighted by Crippen LogP contribution is -2.53. The highest BCUT2D eigenvalue weighted by Gasteiger charge is 2.36. The van der Waals surface area contributed by atoms with Crippen molar-refractivity contribution in [2.45, 2.75) is 45.3 Å². The van der Waals surface area contributed by atoms with E-state index in [1.54, 1.807) is 26.8 Å². The molecule has 0 aliphatic heterocycles. The van der Waals surface area contributed by atoms with Gasteiger partial charge in [0.25, 0.3) is 5.91 Å². The van der Waals surface area contributed by atoms with Gasteiger partial charge in [0.15, 0.2) is 11.5 Å². The van der Waals surface area contributed by atoms with Crippen LogP contribution in [0.5, 0.6) is 0 Å². The highest BCUT2D eigenvalue weighted by Crippen LogP contribution is 2.28. The van der Waals surface area contributed by atoms with Gasteiger partial charge in [-0.05, 0) is 33.6 Å². The second-order valence-electron chi connectivity index (χ2n) is 7.90. The summed E-state index contributed by atoms with van der Waals surface area (Å²) in [6, 6.07) is 10.8. The van der Waals surface area contributed by atoms with Crippen molar-refractivity contribution in [1.82, 2.24) is 21.3 Å². The van der Waals surface area contributed by atoms with Gasteiger partial charge in [0.05, 0.1) is 0 Å². The molecule has 0 spiro atoms. The zero-order chi connectivity index (χ0) is 21.0. The molecule has 0 atom stereocenters. The van der Waals surface area contributed by atoms with Crippen LogP contribution in [0.25, 0.3) is 11.3 Å². The first-order valence-electron chi connectivity index (χ1n) is 9.33. The maximum Gasteiger partial charge on any atom is 0.426 e. The summed E-state index contributed by atoms with van der Waals surface area (Å²) >= 11 is 0. The summed E-state index contributed by atoms with van der Waals surface area (Å²) in [4.78, 5) is 35.9. The molecule has 1 fully saturated rings. The minimum atomic E-state index is -0.727.